The van der Waals surface area contributed by atoms with Gasteiger partial charge in [0, 0.05) is 10.7 Å². The van der Waals surface area contributed by atoms with Crippen molar-refractivity contribution in [3.05, 3.63) is 69.7 Å². The number of allylic oxidation sites excluding steroid dienone is 2. The van der Waals surface area contributed by atoms with Crippen molar-refractivity contribution in [3.63, 3.8) is 0 Å². The quantitative estimate of drug-likeness (QED) is 0.684. The summed E-state index contributed by atoms with van der Waals surface area (Å²) in [6.07, 6.45) is 5.22. The fourth-order valence-corrected chi connectivity index (χ4v) is 2.81. The lowest BCUT2D eigenvalue weighted by molar-refractivity contribution is 1.31. The number of benzene rings is 2. The molecule has 0 radical (unpaired) electrons. The Bertz CT molecular complexity index is 683. The molecule has 0 atom stereocenters. The van der Waals surface area contributed by atoms with E-state index in [4.69, 9.17) is 0 Å². The molecule has 2 heteroatoms. The molecule has 1 aliphatic rings. The fraction of sp³-hybridized carbons (Fsp3) is 0.118. The van der Waals surface area contributed by atoms with E-state index in [0.29, 0.717) is 0 Å². The normalized spacial score (nSPS) is 13.7. The van der Waals surface area contributed by atoms with Crippen LogP contribution in [0.3, 0.4) is 0 Å². The Labute approximate surface area is 121 Å². The highest BCUT2D eigenvalue weighted by Crippen LogP contribution is 2.27. The molecule has 94 valence electrons. The van der Waals surface area contributed by atoms with Gasteiger partial charge in [-0.05, 0) is 53.8 Å². The lowest BCUT2D eigenvalue weighted by atomic mass is 10.1. The molecule has 1 nitrogen and oxygen atoms in total. The number of halogens is 1. The molecule has 19 heavy (non-hydrogen) atoms. The summed E-state index contributed by atoms with van der Waals surface area (Å²) >= 11 is 3.47. The van der Waals surface area contributed by atoms with Gasteiger partial charge >= 0.3 is 0 Å². The average Bonchev–Trinajstić information content (AvgIpc) is 2.81. The van der Waals surface area contributed by atoms with Gasteiger partial charge in [-0.2, -0.15) is 0 Å². The van der Waals surface area contributed by atoms with Gasteiger partial charge in [0.25, 0.3) is 0 Å². The number of hydrogen-bond donors (Lipinski definition) is 0. The van der Waals surface area contributed by atoms with Gasteiger partial charge in [-0.15, -0.1) is 0 Å². The third-order valence-electron chi connectivity index (χ3n) is 3.37. The smallest absolute Gasteiger partial charge is 0.0659 e. The van der Waals surface area contributed by atoms with E-state index in [9.17, 15) is 0 Å². The molecule has 0 amide bonds. The van der Waals surface area contributed by atoms with Crippen LogP contribution in [0.4, 0.5) is 5.69 Å². The SMILES string of the molecule is Cc1cc(Br)ccc1N=CC1=CCc2ccccc21. The summed E-state index contributed by atoms with van der Waals surface area (Å²) in [4.78, 5) is 4.61. The van der Waals surface area contributed by atoms with Crippen LogP contribution in [0.15, 0.2) is 58.0 Å². The van der Waals surface area contributed by atoms with E-state index >= 15 is 0 Å². The fourth-order valence-electron chi connectivity index (χ4n) is 2.33. The average molecular weight is 312 g/mol. The molecular weight excluding hydrogens is 298 g/mol. The third-order valence-corrected chi connectivity index (χ3v) is 3.87. The topological polar surface area (TPSA) is 12.4 Å². The zero-order valence-electron chi connectivity index (χ0n) is 10.7. The highest BCUT2D eigenvalue weighted by Gasteiger charge is 2.10. The molecule has 0 bridgehead atoms. The highest BCUT2D eigenvalue weighted by atomic mass is 79.9. The first-order chi connectivity index (χ1) is 9.24. The molecule has 3 rings (SSSR count). The van der Waals surface area contributed by atoms with Crippen molar-refractivity contribution in [3.8, 4) is 0 Å². The zero-order chi connectivity index (χ0) is 13.2. The summed E-state index contributed by atoms with van der Waals surface area (Å²) in [6, 6.07) is 14.7. The minimum atomic E-state index is 1.01. The second-order valence-corrected chi connectivity index (χ2v) is 5.63. The maximum atomic E-state index is 4.61. The van der Waals surface area contributed by atoms with E-state index in [0.717, 1.165) is 16.6 Å². The van der Waals surface area contributed by atoms with Crippen LogP contribution in [0.1, 0.15) is 16.7 Å². The van der Waals surface area contributed by atoms with Crippen molar-refractivity contribution in [2.75, 3.05) is 0 Å². The van der Waals surface area contributed by atoms with Crippen LogP contribution in [0, 0.1) is 6.92 Å². The number of fused-ring (bicyclic) bond motifs is 1. The maximum absolute atomic E-state index is 4.61. The summed E-state index contributed by atoms with van der Waals surface area (Å²) in [7, 11) is 0. The van der Waals surface area contributed by atoms with Gasteiger partial charge < -0.3 is 0 Å². The highest BCUT2D eigenvalue weighted by molar-refractivity contribution is 9.10. The van der Waals surface area contributed by atoms with Gasteiger partial charge in [-0.1, -0.05) is 46.3 Å². The molecule has 2 aromatic rings. The lowest BCUT2D eigenvalue weighted by Gasteiger charge is -2.02. The van der Waals surface area contributed by atoms with Crippen LogP contribution < -0.4 is 0 Å². The summed E-state index contributed by atoms with van der Waals surface area (Å²) in [6.45, 7) is 2.08. The van der Waals surface area contributed by atoms with Crippen LogP contribution in [0.25, 0.3) is 5.57 Å². The Kier molecular flexibility index (Phi) is 3.34. The minimum absolute atomic E-state index is 1.01. The second-order valence-electron chi connectivity index (χ2n) is 4.71. The van der Waals surface area contributed by atoms with Gasteiger partial charge in [0.15, 0.2) is 0 Å². The van der Waals surface area contributed by atoms with Gasteiger partial charge in [0.2, 0.25) is 0 Å². The summed E-state index contributed by atoms with van der Waals surface area (Å²) in [5.41, 5.74) is 6.11. The molecule has 0 fully saturated rings. The first-order valence-corrected chi connectivity index (χ1v) is 7.12. The maximum Gasteiger partial charge on any atom is 0.0659 e. The number of aryl methyl sites for hydroxylation is 1. The lowest BCUT2D eigenvalue weighted by Crippen LogP contribution is -1.85. The van der Waals surface area contributed by atoms with Crippen LogP contribution in [0.2, 0.25) is 0 Å². The minimum Gasteiger partial charge on any atom is -0.256 e. The van der Waals surface area contributed by atoms with Gasteiger partial charge in [0.05, 0.1) is 5.69 Å². The molecule has 0 unspecified atom stereocenters. The van der Waals surface area contributed by atoms with Crippen molar-refractivity contribution >= 4 is 33.4 Å². The van der Waals surface area contributed by atoms with Gasteiger partial charge in [-0.3, -0.25) is 4.99 Å². The van der Waals surface area contributed by atoms with E-state index in [1.807, 2.05) is 18.3 Å². The number of hydrogen-bond acceptors (Lipinski definition) is 1. The van der Waals surface area contributed by atoms with Crippen molar-refractivity contribution in [1.29, 1.82) is 0 Å². The van der Waals surface area contributed by atoms with E-state index in [1.54, 1.807) is 0 Å². The van der Waals surface area contributed by atoms with Crippen molar-refractivity contribution < 1.29 is 0 Å². The van der Waals surface area contributed by atoms with Crippen molar-refractivity contribution in [1.82, 2.24) is 0 Å². The van der Waals surface area contributed by atoms with E-state index in [1.165, 1.54) is 22.3 Å². The van der Waals surface area contributed by atoms with Crippen LogP contribution in [-0.2, 0) is 6.42 Å². The Hall–Kier alpha value is -1.67. The van der Waals surface area contributed by atoms with Crippen LogP contribution in [-0.4, -0.2) is 6.21 Å². The number of nitrogens with zero attached hydrogens (tertiary/aromatic N) is 1. The summed E-state index contributed by atoms with van der Waals surface area (Å²) < 4.78 is 1.09. The predicted molar refractivity (Wildman–Crippen MR) is 85.2 cm³/mol. The second kappa shape index (κ2) is 5.14. The number of rotatable bonds is 2. The van der Waals surface area contributed by atoms with E-state index in [-0.39, 0.29) is 0 Å². The summed E-state index contributed by atoms with van der Waals surface area (Å²) in [5.74, 6) is 0. The largest absolute Gasteiger partial charge is 0.256 e. The van der Waals surface area contributed by atoms with Gasteiger partial charge in [-0.25, -0.2) is 0 Å². The molecule has 0 spiro atoms. The van der Waals surface area contributed by atoms with Crippen molar-refractivity contribution in [2.24, 2.45) is 4.99 Å². The first kappa shape index (κ1) is 12.4. The molecule has 2 aromatic carbocycles. The summed E-state index contributed by atoms with van der Waals surface area (Å²) in [5, 5.41) is 0. The Balaban J connectivity index is 1.89. The Morgan fingerprint density at radius 1 is 1.16 bits per heavy atom. The van der Waals surface area contributed by atoms with Gasteiger partial charge in [0.1, 0.15) is 0 Å². The standard InChI is InChI=1S/C17H14BrN/c1-12-10-15(18)8-9-17(12)19-11-14-7-6-13-4-2-3-5-16(13)14/h2-5,7-11H,6H2,1H3. The molecule has 0 aromatic heterocycles. The molecule has 0 N–H and O–H groups in total. The molecule has 0 aliphatic heterocycles. The van der Waals surface area contributed by atoms with Crippen molar-refractivity contribution in [2.45, 2.75) is 13.3 Å². The number of aliphatic imine (C=N–C) groups is 1. The predicted octanol–water partition coefficient (Wildman–Crippen LogP) is 5.10. The monoisotopic (exact) mass is 311 g/mol. The van der Waals surface area contributed by atoms with Crippen LogP contribution >= 0.6 is 15.9 Å². The van der Waals surface area contributed by atoms with Crippen LogP contribution in [0.5, 0.6) is 0 Å². The molecule has 0 saturated heterocycles. The van der Waals surface area contributed by atoms with E-state index < -0.39 is 0 Å². The Morgan fingerprint density at radius 3 is 2.84 bits per heavy atom. The van der Waals surface area contributed by atoms with E-state index in [2.05, 4.69) is 64.3 Å². The molecule has 0 heterocycles. The molecular formula is C17H14BrN. The zero-order valence-corrected chi connectivity index (χ0v) is 12.3. The third kappa shape index (κ3) is 2.54. The Morgan fingerprint density at radius 2 is 2.00 bits per heavy atom. The molecule has 0 saturated carbocycles. The molecule has 1 aliphatic carbocycles. The first-order valence-electron chi connectivity index (χ1n) is 6.33.